The van der Waals surface area contributed by atoms with Gasteiger partial charge >= 0.3 is 0 Å². The molecule has 0 radical (unpaired) electrons. The summed E-state index contributed by atoms with van der Waals surface area (Å²) >= 11 is 0. The fourth-order valence-corrected chi connectivity index (χ4v) is 3.37. The Bertz CT molecular complexity index is 439. The van der Waals surface area contributed by atoms with Gasteiger partial charge in [-0.3, -0.25) is 9.00 Å². The lowest BCUT2D eigenvalue weighted by Gasteiger charge is -2.37. The van der Waals surface area contributed by atoms with Gasteiger partial charge in [0.2, 0.25) is 5.91 Å². The first kappa shape index (κ1) is 13.3. The third-order valence-electron chi connectivity index (χ3n) is 3.25. The summed E-state index contributed by atoms with van der Waals surface area (Å²) in [4.78, 5) is 13.9. The van der Waals surface area contributed by atoms with Crippen LogP contribution in [0.3, 0.4) is 0 Å². The molecule has 1 unspecified atom stereocenters. The maximum Gasteiger partial charge on any atom is 0.223 e. The SMILES string of the molecule is CC1(C)CN(C(=O)CCc2ccco2)CCS1=O. The molecule has 18 heavy (non-hydrogen) atoms. The van der Waals surface area contributed by atoms with E-state index in [1.54, 1.807) is 6.26 Å². The van der Waals surface area contributed by atoms with E-state index in [1.807, 2.05) is 30.9 Å². The average Bonchev–Trinajstić information content (AvgIpc) is 2.82. The van der Waals surface area contributed by atoms with Crippen molar-refractivity contribution in [1.29, 1.82) is 0 Å². The fourth-order valence-electron chi connectivity index (χ4n) is 2.14. The molecule has 1 aliphatic rings. The molecule has 1 aromatic heterocycles. The number of hydrogen-bond donors (Lipinski definition) is 0. The Hall–Kier alpha value is -1.10. The molecule has 2 heterocycles. The van der Waals surface area contributed by atoms with Crippen LogP contribution in [0.5, 0.6) is 0 Å². The average molecular weight is 269 g/mol. The number of rotatable bonds is 3. The van der Waals surface area contributed by atoms with Crippen LogP contribution in [0.2, 0.25) is 0 Å². The quantitative estimate of drug-likeness (QED) is 0.837. The second kappa shape index (κ2) is 5.26. The summed E-state index contributed by atoms with van der Waals surface area (Å²) in [5.41, 5.74) is 0. The highest BCUT2D eigenvalue weighted by molar-refractivity contribution is 7.86. The predicted octanol–water partition coefficient (Wildman–Crippen LogP) is 1.58. The zero-order chi connectivity index (χ0) is 13.2. The minimum absolute atomic E-state index is 0.121. The molecular formula is C13H19NO3S. The van der Waals surface area contributed by atoms with E-state index in [4.69, 9.17) is 4.42 Å². The lowest BCUT2D eigenvalue weighted by Crippen LogP contribution is -2.52. The van der Waals surface area contributed by atoms with Gasteiger partial charge in [-0.25, -0.2) is 0 Å². The van der Waals surface area contributed by atoms with Gasteiger partial charge < -0.3 is 9.32 Å². The van der Waals surface area contributed by atoms with Gasteiger partial charge in [0.15, 0.2) is 0 Å². The lowest BCUT2D eigenvalue weighted by molar-refractivity contribution is -0.131. The standard InChI is InChI=1S/C13H19NO3S/c1-13(2)10-14(7-9-18(13)16)12(15)6-5-11-4-3-8-17-11/h3-4,8H,5-7,9-10H2,1-2H3. The number of carbonyl (C=O) groups excluding carboxylic acids is 1. The zero-order valence-corrected chi connectivity index (χ0v) is 11.7. The van der Waals surface area contributed by atoms with Crippen molar-refractivity contribution in [2.75, 3.05) is 18.8 Å². The molecule has 0 aliphatic carbocycles. The second-order valence-corrected chi connectivity index (χ2v) is 7.41. The Kier molecular flexibility index (Phi) is 3.90. The molecule has 1 fully saturated rings. The predicted molar refractivity (Wildman–Crippen MR) is 70.7 cm³/mol. The van der Waals surface area contributed by atoms with Crippen LogP contribution in [-0.4, -0.2) is 38.6 Å². The summed E-state index contributed by atoms with van der Waals surface area (Å²) in [7, 11) is -0.834. The van der Waals surface area contributed by atoms with Gasteiger partial charge in [0.05, 0.1) is 11.0 Å². The molecule has 1 saturated heterocycles. The van der Waals surface area contributed by atoms with Crippen molar-refractivity contribution in [2.45, 2.75) is 31.4 Å². The Morgan fingerprint density at radius 2 is 2.33 bits per heavy atom. The molecule has 4 nitrogen and oxygen atoms in total. The number of carbonyl (C=O) groups is 1. The van der Waals surface area contributed by atoms with Crippen LogP contribution in [0.4, 0.5) is 0 Å². The van der Waals surface area contributed by atoms with Gasteiger partial charge in [-0.1, -0.05) is 0 Å². The summed E-state index contributed by atoms with van der Waals surface area (Å²) in [5.74, 6) is 1.54. The van der Waals surface area contributed by atoms with E-state index in [2.05, 4.69) is 0 Å². The fraction of sp³-hybridized carbons (Fsp3) is 0.615. The van der Waals surface area contributed by atoms with E-state index in [1.165, 1.54) is 0 Å². The van der Waals surface area contributed by atoms with Crippen molar-refractivity contribution in [3.8, 4) is 0 Å². The highest BCUT2D eigenvalue weighted by Crippen LogP contribution is 2.21. The molecule has 100 valence electrons. The van der Waals surface area contributed by atoms with Crippen molar-refractivity contribution in [2.24, 2.45) is 0 Å². The van der Waals surface area contributed by atoms with E-state index in [9.17, 15) is 9.00 Å². The summed E-state index contributed by atoms with van der Waals surface area (Å²) in [6, 6.07) is 3.70. The first-order chi connectivity index (χ1) is 8.49. The largest absolute Gasteiger partial charge is 0.469 e. The first-order valence-corrected chi connectivity index (χ1v) is 7.49. The molecule has 0 saturated carbocycles. The summed E-state index contributed by atoms with van der Waals surface area (Å²) in [6.45, 7) is 5.09. The summed E-state index contributed by atoms with van der Waals surface area (Å²) in [6.07, 6.45) is 2.70. The highest BCUT2D eigenvalue weighted by Gasteiger charge is 2.34. The molecule has 0 aromatic carbocycles. The third-order valence-corrected chi connectivity index (χ3v) is 5.17. The maximum absolute atomic E-state index is 12.1. The smallest absolute Gasteiger partial charge is 0.223 e. The summed E-state index contributed by atoms with van der Waals surface area (Å²) in [5, 5.41) is 0. The van der Waals surface area contributed by atoms with Crippen LogP contribution in [0.15, 0.2) is 22.8 Å². The van der Waals surface area contributed by atoms with E-state index in [-0.39, 0.29) is 10.7 Å². The van der Waals surface area contributed by atoms with Gasteiger partial charge in [0.1, 0.15) is 5.76 Å². The Balaban J connectivity index is 1.88. The Morgan fingerprint density at radius 3 is 2.94 bits per heavy atom. The van der Waals surface area contributed by atoms with Gasteiger partial charge in [-0.2, -0.15) is 0 Å². The molecule has 0 N–H and O–H groups in total. The number of aryl methyl sites for hydroxylation is 1. The van der Waals surface area contributed by atoms with Gasteiger partial charge in [0.25, 0.3) is 0 Å². The zero-order valence-electron chi connectivity index (χ0n) is 10.8. The number of furan rings is 1. The van der Waals surface area contributed by atoms with Gasteiger partial charge in [-0.05, 0) is 26.0 Å². The number of hydrogen-bond acceptors (Lipinski definition) is 3. The molecule has 1 amide bonds. The Labute approximate surface area is 110 Å². The normalized spacial score (nSPS) is 23.0. The van der Waals surface area contributed by atoms with Crippen molar-refractivity contribution in [1.82, 2.24) is 4.90 Å². The second-order valence-electron chi connectivity index (χ2n) is 5.20. The molecule has 5 heteroatoms. The van der Waals surface area contributed by atoms with Crippen LogP contribution >= 0.6 is 0 Å². The number of nitrogens with zero attached hydrogens (tertiary/aromatic N) is 1. The Morgan fingerprint density at radius 1 is 1.56 bits per heavy atom. The van der Waals surface area contributed by atoms with Crippen LogP contribution in [0.1, 0.15) is 26.0 Å². The highest BCUT2D eigenvalue weighted by atomic mass is 32.2. The van der Waals surface area contributed by atoms with E-state index < -0.39 is 10.8 Å². The van der Waals surface area contributed by atoms with Crippen molar-refractivity contribution < 1.29 is 13.4 Å². The van der Waals surface area contributed by atoms with E-state index >= 15 is 0 Å². The van der Waals surface area contributed by atoms with Crippen molar-refractivity contribution >= 4 is 16.7 Å². The first-order valence-electron chi connectivity index (χ1n) is 6.18. The molecule has 0 bridgehead atoms. The van der Waals surface area contributed by atoms with Crippen LogP contribution in [0.25, 0.3) is 0 Å². The molecule has 2 rings (SSSR count). The lowest BCUT2D eigenvalue weighted by atomic mass is 10.1. The van der Waals surface area contributed by atoms with Crippen molar-refractivity contribution in [3.05, 3.63) is 24.2 Å². The number of amides is 1. The van der Waals surface area contributed by atoms with Gasteiger partial charge in [-0.15, -0.1) is 0 Å². The molecule has 1 aromatic rings. The van der Waals surface area contributed by atoms with E-state index in [0.29, 0.717) is 31.7 Å². The maximum atomic E-state index is 12.1. The van der Waals surface area contributed by atoms with Crippen molar-refractivity contribution in [3.63, 3.8) is 0 Å². The van der Waals surface area contributed by atoms with Crippen LogP contribution in [-0.2, 0) is 22.0 Å². The molecule has 0 spiro atoms. The van der Waals surface area contributed by atoms with Crippen LogP contribution < -0.4 is 0 Å². The molecule has 1 atom stereocenters. The minimum atomic E-state index is -0.834. The third kappa shape index (κ3) is 3.02. The molecular weight excluding hydrogens is 250 g/mol. The van der Waals surface area contributed by atoms with Crippen LogP contribution in [0, 0.1) is 0 Å². The monoisotopic (exact) mass is 269 g/mol. The molecule has 1 aliphatic heterocycles. The topological polar surface area (TPSA) is 50.5 Å². The van der Waals surface area contributed by atoms with Gasteiger partial charge in [0, 0.05) is 42.5 Å². The minimum Gasteiger partial charge on any atom is -0.469 e. The summed E-state index contributed by atoms with van der Waals surface area (Å²) < 4.78 is 16.7. The van der Waals surface area contributed by atoms with E-state index in [0.717, 1.165) is 5.76 Å².